The second-order valence-electron chi connectivity index (χ2n) is 4.88. The number of rotatable bonds is 7. The maximum Gasteiger partial charge on any atom is 0.237 e. The fourth-order valence-electron chi connectivity index (χ4n) is 1.62. The quantitative estimate of drug-likeness (QED) is 0.769. The molecule has 0 saturated carbocycles. The van der Waals surface area contributed by atoms with Crippen molar-refractivity contribution in [3.8, 4) is 0 Å². The molecule has 0 bridgehead atoms. The molecule has 1 heterocycles. The van der Waals surface area contributed by atoms with E-state index in [-0.39, 0.29) is 18.0 Å². The SMILES string of the molecule is CCCn1cc(CNC(C)C(=O)NC(C)C)cn1. The van der Waals surface area contributed by atoms with Crippen LogP contribution in [-0.2, 0) is 17.9 Å². The minimum Gasteiger partial charge on any atom is -0.353 e. The maximum absolute atomic E-state index is 11.7. The van der Waals surface area contributed by atoms with Gasteiger partial charge in [0.15, 0.2) is 0 Å². The zero-order chi connectivity index (χ0) is 13.5. The summed E-state index contributed by atoms with van der Waals surface area (Å²) >= 11 is 0. The first-order valence-corrected chi connectivity index (χ1v) is 6.58. The van der Waals surface area contributed by atoms with Gasteiger partial charge in [0.1, 0.15) is 0 Å². The van der Waals surface area contributed by atoms with E-state index >= 15 is 0 Å². The molecule has 18 heavy (non-hydrogen) atoms. The van der Waals surface area contributed by atoms with E-state index in [1.54, 1.807) is 0 Å². The molecule has 0 radical (unpaired) electrons. The smallest absolute Gasteiger partial charge is 0.237 e. The molecule has 0 aliphatic heterocycles. The molecule has 102 valence electrons. The van der Waals surface area contributed by atoms with Crippen LogP contribution in [0, 0.1) is 0 Å². The van der Waals surface area contributed by atoms with Gasteiger partial charge in [0.05, 0.1) is 12.2 Å². The van der Waals surface area contributed by atoms with E-state index in [2.05, 4.69) is 22.7 Å². The number of aryl methyl sites for hydroxylation is 1. The maximum atomic E-state index is 11.7. The van der Waals surface area contributed by atoms with Crippen LogP contribution in [0.5, 0.6) is 0 Å². The molecule has 0 saturated heterocycles. The second kappa shape index (κ2) is 7.16. The van der Waals surface area contributed by atoms with Crippen molar-refractivity contribution in [1.82, 2.24) is 20.4 Å². The molecule has 1 amide bonds. The number of nitrogens with zero attached hydrogens (tertiary/aromatic N) is 2. The summed E-state index contributed by atoms with van der Waals surface area (Å²) in [5, 5.41) is 10.3. The number of amides is 1. The summed E-state index contributed by atoms with van der Waals surface area (Å²) in [6.45, 7) is 9.50. The van der Waals surface area contributed by atoms with Crippen molar-refractivity contribution in [2.75, 3.05) is 0 Å². The molecule has 0 fully saturated rings. The van der Waals surface area contributed by atoms with E-state index in [4.69, 9.17) is 0 Å². The first-order valence-electron chi connectivity index (χ1n) is 6.58. The van der Waals surface area contributed by atoms with Crippen molar-refractivity contribution in [1.29, 1.82) is 0 Å². The fourth-order valence-corrected chi connectivity index (χ4v) is 1.62. The van der Waals surface area contributed by atoms with Gasteiger partial charge < -0.3 is 10.6 Å². The Kier molecular flexibility index (Phi) is 5.85. The number of aromatic nitrogens is 2. The van der Waals surface area contributed by atoms with Crippen LogP contribution in [0.3, 0.4) is 0 Å². The molecule has 1 aromatic rings. The zero-order valence-electron chi connectivity index (χ0n) is 11.7. The van der Waals surface area contributed by atoms with E-state index in [0.717, 1.165) is 18.5 Å². The summed E-state index contributed by atoms with van der Waals surface area (Å²) in [6.07, 6.45) is 4.93. The summed E-state index contributed by atoms with van der Waals surface area (Å²) in [5.41, 5.74) is 1.10. The highest BCUT2D eigenvalue weighted by molar-refractivity contribution is 5.81. The molecule has 0 aromatic carbocycles. The third-order valence-electron chi connectivity index (χ3n) is 2.58. The Hall–Kier alpha value is -1.36. The number of carbonyl (C=O) groups excluding carboxylic acids is 1. The summed E-state index contributed by atoms with van der Waals surface area (Å²) in [6, 6.07) is -0.0176. The predicted molar refractivity (Wildman–Crippen MR) is 72.1 cm³/mol. The largest absolute Gasteiger partial charge is 0.353 e. The minimum absolute atomic E-state index is 0.0333. The molecule has 0 aliphatic carbocycles. The lowest BCUT2D eigenvalue weighted by Gasteiger charge is -2.15. The van der Waals surface area contributed by atoms with Gasteiger partial charge in [-0.2, -0.15) is 5.10 Å². The Labute approximate surface area is 109 Å². The van der Waals surface area contributed by atoms with Gasteiger partial charge in [-0.05, 0) is 27.2 Å². The van der Waals surface area contributed by atoms with Crippen LogP contribution in [0.15, 0.2) is 12.4 Å². The molecular formula is C13H24N4O. The average molecular weight is 252 g/mol. The highest BCUT2D eigenvalue weighted by Crippen LogP contribution is 1.99. The normalized spacial score (nSPS) is 12.7. The van der Waals surface area contributed by atoms with Crippen LogP contribution in [-0.4, -0.2) is 27.8 Å². The molecule has 1 atom stereocenters. The van der Waals surface area contributed by atoms with Crippen LogP contribution in [0.4, 0.5) is 0 Å². The van der Waals surface area contributed by atoms with Crippen molar-refractivity contribution in [2.45, 2.75) is 59.3 Å². The topological polar surface area (TPSA) is 59.0 Å². The van der Waals surface area contributed by atoms with Crippen LogP contribution < -0.4 is 10.6 Å². The number of hydrogen-bond donors (Lipinski definition) is 2. The Morgan fingerprint density at radius 1 is 1.44 bits per heavy atom. The molecule has 0 aliphatic rings. The van der Waals surface area contributed by atoms with E-state index in [9.17, 15) is 4.79 Å². The van der Waals surface area contributed by atoms with Crippen molar-refractivity contribution >= 4 is 5.91 Å². The number of nitrogens with one attached hydrogen (secondary N) is 2. The highest BCUT2D eigenvalue weighted by atomic mass is 16.2. The Morgan fingerprint density at radius 2 is 2.17 bits per heavy atom. The van der Waals surface area contributed by atoms with Gasteiger partial charge in [0.2, 0.25) is 5.91 Å². The Morgan fingerprint density at radius 3 is 2.78 bits per heavy atom. The lowest BCUT2D eigenvalue weighted by molar-refractivity contribution is -0.123. The van der Waals surface area contributed by atoms with Crippen molar-refractivity contribution in [3.63, 3.8) is 0 Å². The first kappa shape index (κ1) is 14.7. The Bertz CT molecular complexity index is 373. The molecule has 1 aromatic heterocycles. The fraction of sp³-hybridized carbons (Fsp3) is 0.692. The zero-order valence-corrected chi connectivity index (χ0v) is 11.7. The van der Waals surface area contributed by atoms with Crippen LogP contribution in [0.2, 0.25) is 0 Å². The van der Waals surface area contributed by atoms with Gasteiger partial charge in [-0.25, -0.2) is 0 Å². The summed E-state index contributed by atoms with van der Waals surface area (Å²) in [7, 11) is 0. The van der Waals surface area contributed by atoms with Crippen LogP contribution in [0.25, 0.3) is 0 Å². The molecular weight excluding hydrogens is 228 g/mol. The van der Waals surface area contributed by atoms with Crippen molar-refractivity contribution in [2.24, 2.45) is 0 Å². The molecule has 1 rings (SSSR count). The van der Waals surface area contributed by atoms with Gasteiger partial charge in [-0.15, -0.1) is 0 Å². The van der Waals surface area contributed by atoms with Gasteiger partial charge in [0, 0.05) is 30.9 Å². The lowest BCUT2D eigenvalue weighted by Crippen LogP contribution is -2.44. The van der Waals surface area contributed by atoms with Crippen molar-refractivity contribution in [3.05, 3.63) is 18.0 Å². The standard InChI is InChI=1S/C13H24N4O/c1-5-6-17-9-12(8-15-17)7-14-11(4)13(18)16-10(2)3/h8-11,14H,5-7H2,1-4H3,(H,16,18). The number of carbonyl (C=O) groups is 1. The third kappa shape index (κ3) is 4.87. The van der Waals surface area contributed by atoms with Crippen LogP contribution >= 0.6 is 0 Å². The number of hydrogen-bond acceptors (Lipinski definition) is 3. The Balaban J connectivity index is 2.37. The first-order chi connectivity index (χ1) is 8.52. The van der Waals surface area contributed by atoms with Gasteiger partial charge in [-0.3, -0.25) is 9.48 Å². The molecule has 1 unspecified atom stereocenters. The van der Waals surface area contributed by atoms with Gasteiger partial charge >= 0.3 is 0 Å². The van der Waals surface area contributed by atoms with E-state index in [1.165, 1.54) is 0 Å². The van der Waals surface area contributed by atoms with E-state index in [0.29, 0.717) is 6.54 Å². The van der Waals surface area contributed by atoms with Crippen molar-refractivity contribution < 1.29 is 4.79 Å². The monoisotopic (exact) mass is 252 g/mol. The minimum atomic E-state index is -0.193. The van der Waals surface area contributed by atoms with E-state index in [1.807, 2.05) is 37.8 Å². The summed E-state index contributed by atoms with van der Waals surface area (Å²) in [4.78, 5) is 11.7. The van der Waals surface area contributed by atoms with Gasteiger partial charge in [-0.1, -0.05) is 6.92 Å². The molecule has 5 nitrogen and oxygen atoms in total. The molecule has 2 N–H and O–H groups in total. The van der Waals surface area contributed by atoms with Crippen LogP contribution in [0.1, 0.15) is 39.7 Å². The predicted octanol–water partition coefficient (Wildman–Crippen LogP) is 1.30. The molecule has 0 spiro atoms. The second-order valence-corrected chi connectivity index (χ2v) is 4.88. The summed E-state index contributed by atoms with van der Waals surface area (Å²) < 4.78 is 1.93. The van der Waals surface area contributed by atoms with Gasteiger partial charge in [0.25, 0.3) is 0 Å². The third-order valence-corrected chi connectivity index (χ3v) is 2.58. The summed E-state index contributed by atoms with van der Waals surface area (Å²) in [5.74, 6) is 0.0333. The molecule has 5 heteroatoms. The van der Waals surface area contributed by atoms with E-state index < -0.39 is 0 Å². The highest BCUT2D eigenvalue weighted by Gasteiger charge is 2.12. The average Bonchev–Trinajstić information content (AvgIpc) is 2.73. The lowest BCUT2D eigenvalue weighted by atomic mass is 10.2.